The minimum Gasteiger partial charge on any atom is -0.493 e. The highest BCUT2D eigenvalue weighted by Crippen LogP contribution is 2.35. The van der Waals surface area contributed by atoms with Gasteiger partial charge in [-0.25, -0.2) is 9.82 Å². The van der Waals surface area contributed by atoms with Crippen LogP contribution in [0.1, 0.15) is 17.2 Å². The Morgan fingerprint density at radius 3 is 2.43 bits per heavy atom. The van der Waals surface area contributed by atoms with Crippen LogP contribution in [0, 0.1) is 5.82 Å². The standard InChI is InChI=1S/C15H16BrFN2O2/c1-20-12-7-6-9(8-13(12)21-2)15(19-18)14-10(16)4-3-5-11(14)17/h3-8,15,19H,18H2,1-2H3. The highest BCUT2D eigenvalue weighted by atomic mass is 79.9. The van der Waals surface area contributed by atoms with E-state index in [-0.39, 0.29) is 5.82 Å². The van der Waals surface area contributed by atoms with Crippen LogP contribution in [0.2, 0.25) is 0 Å². The Kier molecular flexibility index (Phi) is 5.17. The van der Waals surface area contributed by atoms with Crippen molar-refractivity contribution in [1.82, 2.24) is 5.43 Å². The predicted octanol–water partition coefficient (Wildman–Crippen LogP) is 3.16. The molecule has 4 nitrogen and oxygen atoms in total. The van der Waals surface area contributed by atoms with E-state index in [0.29, 0.717) is 21.5 Å². The molecule has 2 aromatic carbocycles. The van der Waals surface area contributed by atoms with Crippen LogP contribution in [0.4, 0.5) is 4.39 Å². The van der Waals surface area contributed by atoms with Gasteiger partial charge in [0.15, 0.2) is 11.5 Å². The van der Waals surface area contributed by atoms with Crippen LogP contribution < -0.4 is 20.7 Å². The summed E-state index contributed by atoms with van der Waals surface area (Å²) in [5.41, 5.74) is 3.84. The molecule has 0 aliphatic rings. The lowest BCUT2D eigenvalue weighted by atomic mass is 9.98. The molecule has 0 saturated heterocycles. The Hall–Kier alpha value is -1.63. The third-order valence-corrected chi connectivity index (χ3v) is 3.89. The van der Waals surface area contributed by atoms with Crippen molar-refractivity contribution >= 4 is 15.9 Å². The Labute approximate surface area is 131 Å². The van der Waals surface area contributed by atoms with E-state index in [1.165, 1.54) is 6.07 Å². The summed E-state index contributed by atoms with van der Waals surface area (Å²) in [5.74, 6) is 6.44. The normalized spacial score (nSPS) is 12.0. The highest BCUT2D eigenvalue weighted by molar-refractivity contribution is 9.10. The maximum atomic E-state index is 14.1. The maximum Gasteiger partial charge on any atom is 0.161 e. The Morgan fingerprint density at radius 2 is 1.86 bits per heavy atom. The zero-order valence-corrected chi connectivity index (χ0v) is 13.3. The molecule has 112 valence electrons. The first-order chi connectivity index (χ1) is 10.1. The molecule has 21 heavy (non-hydrogen) atoms. The lowest BCUT2D eigenvalue weighted by Gasteiger charge is -2.20. The molecule has 0 fully saturated rings. The van der Waals surface area contributed by atoms with Crippen LogP contribution in [-0.4, -0.2) is 14.2 Å². The van der Waals surface area contributed by atoms with Gasteiger partial charge in [0.25, 0.3) is 0 Å². The molecule has 3 N–H and O–H groups in total. The van der Waals surface area contributed by atoms with Crippen molar-refractivity contribution in [2.45, 2.75) is 6.04 Å². The molecule has 0 amide bonds. The van der Waals surface area contributed by atoms with Crippen molar-refractivity contribution in [3.8, 4) is 11.5 Å². The second kappa shape index (κ2) is 6.89. The van der Waals surface area contributed by atoms with Crippen molar-refractivity contribution in [3.05, 3.63) is 57.8 Å². The van der Waals surface area contributed by atoms with Crippen molar-refractivity contribution in [1.29, 1.82) is 0 Å². The van der Waals surface area contributed by atoms with Crippen LogP contribution in [-0.2, 0) is 0 Å². The number of methoxy groups -OCH3 is 2. The molecule has 0 bridgehead atoms. The SMILES string of the molecule is COc1ccc(C(NN)c2c(F)cccc2Br)cc1OC. The van der Waals surface area contributed by atoms with E-state index >= 15 is 0 Å². The minimum absolute atomic E-state index is 0.345. The largest absolute Gasteiger partial charge is 0.493 e. The number of nitrogens with one attached hydrogen (secondary N) is 1. The molecule has 6 heteroatoms. The predicted molar refractivity (Wildman–Crippen MR) is 82.8 cm³/mol. The lowest BCUT2D eigenvalue weighted by molar-refractivity contribution is 0.354. The molecule has 1 atom stereocenters. The highest BCUT2D eigenvalue weighted by Gasteiger charge is 2.21. The molecule has 0 aliphatic carbocycles. The van der Waals surface area contributed by atoms with Gasteiger partial charge in [-0.2, -0.15) is 0 Å². The summed E-state index contributed by atoms with van der Waals surface area (Å²) in [6.07, 6.45) is 0. The molecule has 0 aromatic heterocycles. The van der Waals surface area contributed by atoms with E-state index in [4.69, 9.17) is 15.3 Å². The van der Waals surface area contributed by atoms with Crippen LogP contribution >= 0.6 is 15.9 Å². The summed E-state index contributed by atoms with van der Waals surface area (Å²) in [6, 6.07) is 9.61. The van der Waals surface area contributed by atoms with E-state index < -0.39 is 6.04 Å². The van der Waals surface area contributed by atoms with Crippen LogP contribution in [0.3, 0.4) is 0 Å². The molecule has 2 rings (SSSR count). The van der Waals surface area contributed by atoms with Crippen molar-refractivity contribution in [2.75, 3.05) is 14.2 Å². The number of ether oxygens (including phenoxy) is 2. The first-order valence-corrected chi connectivity index (χ1v) is 7.03. The average Bonchev–Trinajstić information content (AvgIpc) is 2.50. The number of nitrogens with two attached hydrogens (primary N) is 1. The smallest absolute Gasteiger partial charge is 0.161 e. The quantitative estimate of drug-likeness (QED) is 0.639. The number of hydrogen-bond donors (Lipinski definition) is 2. The van der Waals surface area contributed by atoms with Crippen molar-refractivity contribution < 1.29 is 13.9 Å². The van der Waals surface area contributed by atoms with E-state index in [2.05, 4.69) is 21.4 Å². The van der Waals surface area contributed by atoms with Gasteiger partial charge in [0.1, 0.15) is 5.82 Å². The van der Waals surface area contributed by atoms with Crippen molar-refractivity contribution in [2.24, 2.45) is 5.84 Å². The molecule has 1 unspecified atom stereocenters. The number of hydrazine groups is 1. The average molecular weight is 355 g/mol. The summed E-state index contributed by atoms with van der Waals surface area (Å²) in [7, 11) is 3.11. The second-order valence-electron chi connectivity index (χ2n) is 4.35. The van der Waals surface area contributed by atoms with Gasteiger partial charge in [-0.15, -0.1) is 0 Å². The van der Waals surface area contributed by atoms with Gasteiger partial charge in [0.2, 0.25) is 0 Å². The first-order valence-electron chi connectivity index (χ1n) is 6.24. The van der Waals surface area contributed by atoms with E-state index in [0.717, 1.165) is 5.56 Å². The minimum atomic E-state index is -0.514. The Bertz CT molecular complexity index is 617. The van der Waals surface area contributed by atoms with Gasteiger partial charge in [0, 0.05) is 10.0 Å². The fourth-order valence-electron chi connectivity index (χ4n) is 2.17. The maximum absolute atomic E-state index is 14.1. The third kappa shape index (κ3) is 3.18. The monoisotopic (exact) mass is 354 g/mol. The number of hydrogen-bond acceptors (Lipinski definition) is 4. The fraction of sp³-hybridized carbons (Fsp3) is 0.200. The van der Waals surface area contributed by atoms with Gasteiger partial charge < -0.3 is 9.47 Å². The van der Waals surface area contributed by atoms with E-state index in [1.54, 1.807) is 38.5 Å². The topological polar surface area (TPSA) is 56.5 Å². The van der Waals surface area contributed by atoms with Gasteiger partial charge in [-0.05, 0) is 29.8 Å². The summed E-state index contributed by atoms with van der Waals surface area (Å²) >= 11 is 3.36. The Morgan fingerprint density at radius 1 is 1.14 bits per heavy atom. The molecule has 0 spiro atoms. The third-order valence-electron chi connectivity index (χ3n) is 3.20. The van der Waals surface area contributed by atoms with Crippen LogP contribution in [0.25, 0.3) is 0 Å². The van der Waals surface area contributed by atoms with Gasteiger partial charge >= 0.3 is 0 Å². The van der Waals surface area contributed by atoms with Gasteiger partial charge in [-0.1, -0.05) is 28.1 Å². The summed E-state index contributed by atoms with van der Waals surface area (Å²) in [4.78, 5) is 0. The summed E-state index contributed by atoms with van der Waals surface area (Å²) in [6.45, 7) is 0. The molecular formula is C15H16BrFN2O2. The zero-order chi connectivity index (χ0) is 15.4. The summed E-state index contributed by atoms with van der Waals surface area (Å²) < 4.78 is 25.2. The van der Waals surface area contributed by atoms with Crippen molar-refractivity contribution in [3.63, 3.8) is 0 Å². The Balaban J connectivity index is 2.51. The number of halogens is 2. The molecule has 0 heterocycles. The van der Waals surface area contributed by atoms with Gasteiger partial charge in [0.05, 0.1) is 20.3 Å². The van der Waals surface area contributed by atoms with E-state index in [9.17, 15) is 4.39 Å². The number of benzene rings is 2. The molecule has 0 radical (unpaired) electrons. The molecule has 0 aliphatic heterocycles. The summed E-state index contributed by atoms with van der Waals surface area (Å²) in [5, 5.41) is 0. The fourth-order valence-corrected chi connectivity index (χ4v) is 2.74. The van der Waals surface area contributed by atoms with Crippen LogP contribution in [0.15, 0.2) is 40.9 Å². The van der Waals surface area contributed by atoms with Gasteiger partial charge in [-0.3, -0.25) is 5.84 Å². The molecule has 0 saturated carbocycles. The van der Waals surface area contributed by atoms with Crippen LogP contribution in [0.5, 0.6) is 11.5 Å². The zero-order valence-electron chi connectivity index (χ0n) is 11.7. The number of rotatable bonds is 5. The second-order valence-corrected chi connectivity index (χ2v) is 5.20. The molecular weight excluding hydrogens is 339 g/mol. The lowest BCUT2D eigenvalue weighted by Crippen LogP contribution is -2.29. The first kappa shape index (κ1) is 15.8. The van der Waals surface area contributed by atoms with E-state index in [1.807, 2.05) is 6.07 Å². The molecule has 2 aromatic rings.